The van der Waals surface area contributed by atoms with E-state index >= 15 is 0 Å². The summed E-state index contributed by atoms with van der Waals surface area (Å²) in [6.07, 6.45) is 3.20. The summed E-state index contributed by atoms with van der Waals surface area (Å²) in [5.74, 6) is -0.169. The Labute approximate surface area is 167 Å². The molecule has 0 spiro atoms. The lowest BCUT2D eigenvalue weighted by Crippen LogP contribution is -2.12. The SMILES string of the molecule is Cc1ccc(NC(=O)c2ccncc2)cc1Nc1nc(-c2ccccc2)cs1. The highest BCUT2D eigenvalue weighted by molar-refractivity contribution is 7.14. The summed E-state index contributed by atoms with van der Waals surface area (Å²) >= 11 is 1.55. The molecule has 4 rings (SSSR count). The zero-order valence-electron chi connectivity index (χ0n) is 15.2. The molecule has 0 atom stereocenters. The third-order valence-electron chi connectivity index (χ3n) is 4.25. The Hall–Kier alpha value is -3.51. The standard InChI is InChI=1S/C22H18N4OS/c1-15-7-8-18(24-21(27)17-9-11-23-12-10-17)13-19(15)25-22-26-20(14-28-22)16-5-3-2-4-6-16/h2-14H,1H3,(H,24,27)(H,25,26). The van der Waals surface area contributed by atoms with Gasteiger partial charge in [0.2, 0.25) is 0 Å². The van der Waals surface area contributed by atoms with Gasteiger partial charge in [-0.2, -0.15) is 0 Å². The number of aromatic nitrogens is 2. The van der Waals surface area contributed by atoms with Crippen LogP contribution in [-0.4, -0.2) is 15.9 Å². The number of nitrogens with one attached hydrogen (secondary N) is 2. The van der Waals surface area contributed by atoms with E-state index < -0.39 is 0 Å². The second-order valence-electron chi connectivity index (χ2n) is 6.25. The summed E-state index contributed by atoms with van der Waals surface area (Å²) in [6, 6.07) is 19.2. The predicted octanol–water partition coefficient (Wildman–Crippen LogP) is 5.51. The number of thiazole rings is 1. The van der Waals surface area contributed by atoms with Crippen LogP contribution in [0.1, 0.15) is 15.9 Å². The molecule has 0 fully saturated rings. The monoisotopic (exact) mass is 386 g/mol. The molecule has 2 heterocycles. The zero-order valence-corrected chi connectivity index (χ0v) is 16.0. The number of pyridine rings is 1. The molecule has 1 amide bonds. The quantitative estimate of drug-likeness (QED) is 0.475. The topological polar surface area (TPSA) is 66.9 Å². The Kier molecular flexibility index (Phi) is 5.12. The van der Waals surface area contributed by atoms with E-state index in [4.69, 9.17) is 0 Å². The highest BCUT2D eigenvalue weighted by Crippen LogP contribution is 2.29. The number of carbonyl (C=O) groups is 1. The van der Waals surface area contributed by atoms with Crippen LogP contribution in [0.5, 0.6) is 0 Å². The average molecular weight is 386 g/mol. The van der Waals surface area contributed by atoms with Crippen molar-refractivity contribution in [2.24, 2.45) is 0 Å². The van der Waals surface area contributed by atoms with Gasteiger partial charge in [-0.05, 0) is 36.8 Å². The van der Waals surface area contributed by atoms with E-state index in [9.17, 15) is 4.79 Å². The molecule has 138 valence electrons. The van der Waals surface area contributed by atoms with E-state index in [1.165, 1.54) is 0 Å². The van der Waals surface area contributed by atoms with Crippen molar-refractivity contribution in [2.75, 3.05) is 10.6 Å². The molecule has 28 heavy (non-hydrogen) atoms. The average Bonchev–Trinajstić information content (AvgIpc) is 3.20. The first-order chi connectivity index (χ1) is 13.7. The molecule has 4 aromatic rings. The van der Waals surface area contributed by atoms with Crippen molar-refractivity contribution < 1.29 is 4.79 Å². The number of hydrogen-bond donors (Lipinski definition) is 2. The van der Waals surface area contributed by atoms with E-state index in [1.807, 2.05) is 60.8 Å². The van der Waals surface area contributed by atoms with Crippen molar-refractivity contribution in [1.82, 2.24) is 9.97 Å². The van der Waals surface area contributed by atoms with Gasteiger partial charge in [0.15, 0.2) is 5.13 Å². The van der Waals surface area contributed by atoms with Crippen LogP contribution < -0.4 is 10.6 Å². The molecule has 2 aromatic carbocycles. The van der Waals surface area contributed by atoms with Crippen LogP contribution in [0.15, 0.2) is 78.4 Å². The molecule has 0 bridgehead atoms. The predicted molar refractivity (Wildman–Crippen MR) is 114 cm³/mol. The summed E-state index contributed by atoms with van der Waals surface area (Å²) in [6.45, 7) is 2.02. The van der Waals surface area contributed by atoms with Crippen LogP contribution in [0.2, 0.25) is 0 Å². The highest BCUT2D eigenvalue weighted by atomic mass is 32.1. The first kappa shape index (κ1) is 17.9. The first-order valence-corrected chi connectivity index (χ1v) is 9.67. The number of hydrogen-bond acceptors (Lipinski definition) is 5. The summed E-state index contributed by atoms with van der Waals surface area (Å²) < 4.78 is 0. The zero-order chi connectivity index (χ0) is 19.3. The van der Waals surface area contributed by atoms with Gasteiger partial charge in [-0.3, -0.25) is 9.78 Å². The van der Waals surface area contributed by atoms with Gasteiger partial charge < -0.3 is 10.6 Å². The number of nitrogens with zero attached hydrogens (tertiary/aromatic N) is 2. The minimum Gasteiger partial charge on any atom is -0.331 e. The second kappa shape index (κ2) is 8.02. The number of rotatable bonds is 5. The molecule has 0 saturated heterocycles. The van der Waals surface area contributed by atoms with Crippen molar-refractivity contribution in [2.45, 2.75) is 6.92 Å². The Balaban J connectivity index is 1.52. The maximum Gasteiger partial charge on any atom is 0.255 e. The molecule has 0 unspecified atom stereocenters. The summed E-state index contributed by atoms with van der Waals surface area (Å²) in [5.41, 5.74) is 5.28. The smallest absolute Gasteiger partial charge is 0.255 e. The lowest BCUT2D eigenvalue weighted by Gasteiger charge is -2.11. The van der Waals surface area contributed by atoms with E-state index in [2.05, 4.69) is 20.6 Å². The molecule has 0 aliphatic carbocycles. The van der Waals surface area contributed by atoms with Crippen LogP contribution in [-0.2, 0) is 0 Å². The fraction of sp³-hybridized carbons (Fsp3) is 0.0455. The molecule has 0 aliphatic heterocycles. The molecular weight excluding hydrogens is 368 g/mol. The summed E-state index contributed by atoms with van der Waals surface area (Å²) in [4.78, 5) is 21.0. The molecule has 5 nitrogen and oxygen atoms in total. The fourth-order valence-corrected chi connectivity index (χ4v) is 3.46. The molecule has 0 radical (unpaired) electrons. The van der Waals surface area contributed by atoms with Crippen LogP contribution in [0.25, 0.3) is 11.3 Å². The minimum atomic E-state index is -0.169. The normalized spacial score (nSPS) is 10.5. The Bertz CT molecular complexity index is 1090. The van der Waals surface area contributed by atoms with Crippen molar-refractivity contribution in [3.05, 3.63) is 89.6 Å². The number of benzene rings is 2. The maximum absolute atomic E-state index is 12.4. The number of aryl methyl sites for hydroxylation is 1. The van der Waals surface area contributed by atoms with Crippen molar-refractivity contribution >= 4 is 33.8 Å². The Morgan fingerprint density at radius 3 is 2.57 bits per heavy atom. The number of anilines is 3. The summed E-state index contributed by atoms with van der Waals surface area (Å²) in [7, 11) is 0. The van der Waals surface area contributed by atoms with Gasteiger partial charge in [-0.15, -0.1) is 11.3 Å². The third kappa shape index (κ3) is 4.07. The molecule has 2 N–H and O–H groups in total. The van der Waals surface area contributed by atoms with E-state index in [0.717, 1.165) is 33.3 Å². The van der Waals surface area contributed by atoms with Crippen LogP contribution in [0, 0.1) is 6.92 Å². The van der Waals surface area contributed by atoms with Gasteiger partial charge in [0.1, 0.15) is 0 Å². The van der Waals surface area contributed by atoms with Crippen LogP contribution in [0.3, 0.4) is 0 Å². The largest absolute Gasteiger partial charge is 0.331 e. The van der Waals surface area contributed by atoms with E-state index in [1.54, 1.807) is 35.9 Å². The van der Waals surface area contributed by atoms with Crippen molar-refractivity contribution in [1.29, 1.82) is 0 Å². The maximum atomic E-state index is 12.4. The lowest BCUT2D eigenvalue weighted by atomic mass is 10.1. The third-order valence-corrected chi connectivity index (χ3v) is 5.01. The number of carbonyl (C=O) groups excluding carboxylic acids is 1. The molecule has 0 aliphatic rings. The van der Waals surface area contributed by atoms with Gasteiger partial charge in [-0.25, -0.2) is 4.98 Å². The Morgan fingerprint density at radius 2 is 1.79 bits per heavy atom. The summed E-state index contributed by atoms with van der Waals surface area (Å²) in [5, 5.41) is 9.12. The lowest BCUT2D eigenvalue weighted by molar-refractivity contribution is 0.102. The molecular formula is C22H18N4OS. The Morgan fingerprint density at radius 1 is 1.00 bits per heavy atom. The van der Waals surface area contributed by atoms with Gasteiger partial charge in [0.25, 0.3) is 5.91 Å². The van der Waals surface area contributed by atoms with Crippen molar-refractivity contribution in [3.63, 3.8) is 0 Å². The van der Waals surface area contributed by atoms with Gasteiger partial charge in [-0.1, -0.05) is 36.4 Å². The highest BCUT2D eigenvalue weighted by Gasteiger charge is 2.09. The first-order valence-electron chi connectivity index (χ1n) is 8.79. The van der Waals surface area contributed by atoms with Gasteiger partial charge in [0, 0.05) is 40.3 Å². The van der Waals surface area contributed by atoms with Gasteiger partial charge in [0.05, 0.1) is 5.69 Å². The molecule has 2 aromatic heterocycles. The molecule has 6 heteroatoms. The van der Waals surface area contributed by atoms with Crippen LogP contribution in [0.4, 0.5) is 16.5 Å². The fourth-order valence-electron chi connectivity index (χ4n) is 2.73. The number of amides is 1. The van der Waals surface area contributed by atoms with Gasteiger partial charge >= 0.3 is 0 Å². The van der Waals surface area contributed by atoms with E-state index in [-0.39, 0.29) is 5.91 Å². The van der Waals surface area contributed by atoms with Crippen LogP contribution >= 0.6 is 11.3 Å². The minimum absolute atomic E-state index is 0.169. The van der Waals surface area contributed by atoms with E-state index in [0.29, 0.717) is 5.56 Å². The van der Waals surface area contributed by atoms with Crippen molar-refractivity contribution in [3.8, 4) is 11.3 Å². The molecule has 0 saturated carbocycles. The second-order valence-corrected chi connectivity index (χ2v) is 7.11.